The predicted octanol–water partition coefficient (Wildman–Crippen LogP) is 3.36. The molecule has 2 heterocycles. The second-order valence-electron chi connectivity index (χ2n) is 7.11. The monoisotopic (exact) mass is 391 g/mol. The number of amides is 1. The van der Waals surface area contributed by atoms with E-state index in [9.17, 15) is 4.79 Å². The third kappa shape index (κ3) is 4.26. The van der Waals surface area contributed by atoms with Gasteiger partial charge in [-0.25, -0.2) is 4.98 Å². The lowest BCUT2D eigenvalue weighted by atomic mass is 10.2. The predicted molar refractivity (Wildman–Crippen MR) is 114 cm³/mol. The summed E-state index contributed by atoms with van der Waals surface area (Å²) in [5.74, 6) is 2.38. The van der Waals surface area contributed by atoms with Crippen molar-refractivity contribution in [3.05, 3.63) is 60.7 Å². The zero-order chi connectivity index (χ0) is 20.2. The van der Waals surface area contributed by atoms with E-state index in [0.29, 0.717) is 18.8 Å². The average molecular weight is 391 g/mol. The fourth-order valence-electron chi connectivity index (χ4n) is 3.55. The number of benzene rings is 2. The van der Waals surface area contributed by atoms with Gasteiger partial charge in [-0.3, -0.25) is 4.79 Å². The third-order valence-electron chi connectivity index (χ3n) is 5.22. The molecule has 3 aromatic rings. The van der Waals surface area contributed by atoms with Gasteiger partial charge in [0, 0.05) is 31.6 Å². The first kappa shape index (κ1) is 19.1. The number of aromatic nitrogens is 1. The Morgan fingerprint density at radius 1 is 0.931 bits per heavy atom. The number of rotatable bonds is 5. The van der Waals surface area contributed by atoms with Crippen LogP contribution in [0, 0.1) is 0 Å². The summed E-state index contributed by atoms with van der Waals surface area (Å²) in [7, 11) is 1.62. The molecule has 1 saturated heterocycles. The number of nitrogens with zero attached hydrogens (tertiary/aromatic N) is 3. The molecule has 2 aromatic carbocycles. The number of fused-ring (bicyclic) bond motifs is 1. The van der Waals surface area contributed by atoms with E-state index in [1.54, 1.807) is 14.0 Å². The molecule has 1 aliphatic heterocycles. The Balaban J connectivity index is 1.34. The summed E-state index contributed by atoms with van der Waals surface area (Å²) in [6.45, 7) is 4.62. The number of carbonyl (C=O) groups excluding carboxylic acids is 1. The normalized spacial score (nSPS) is 15.2. The van der Waals surface area contributed by atoms with Gasteiger partial charge >= 0.3 is 0 Å². The van der Waals surface area contributed by atoms with E-state index in [0.717, 1.165) is 35.6 Å². The molecule has 0 saturated carbocycles. The van der Waals surface area contributed by atoms with E-state index in [1.807, 2.05) is 47.4 Å². The Hall–Kier alpha value is -3.28. The summed E-state index contributed by atoms with van der Waals surface area (Å²) in [5.41, 5.74) is 0.991. The van der Waals surface area contributed by atoms with Crippen LogP contribution in [0.25, 0.3) is 10.9 Å². The zero-order valence-electron chi connectivity index (χ0n) is 16.7. The Bertz CT molecular complexity index is 982. The van der Waals surface area contributed by atoms with Crippen molar-refractivity contribution in [2.24, 2.45) is 0 Å². The van der Waals surface area contributed by atoms with Crippen LogP contribution < -0.4 is 14.4 Å². The largest absolute Gasteiger partial charge is 0.497 e. The SMILES string of the molecule is COc1ccc(OC(C)C(=O)N2CCN(c3ccc4ccccc4n3)CC2)cc1. The molecule has 29 heavy (non-hydrogen) atoms. The van der Waals surface area contributed by atoms with E-state index in [2.05, 4.69) is 23.1 Å². The summed E-state index contributed by atoms with van der Waals surface area (Å²) in [6.07, 6.45) is -0.534. The molecule has 6 heteroatoms. The van der Waals surface area contributed by atoms with E-state index >= 15 is 0 Å². The molecule has 6 nitrogen and oxygen atoms in total. The van der Waals surface area contributed by atoms with Crippen LogP contribution in [0.5, 0.6) is 11.5 Å². The molecule has 1 aromatic heterocycles. The van der Waals surface area contributed by atoms with Crippen LogP contribution in [0.3, 0.4) is 0 Å². The number of piperazine rings is 1. The van der Waals surface area contributed by atoms with Crippen LogP contribution >= 0.6 is 0 Å². The van der Waals surface area contributed by atoms with Crippen LogP contribution in [0.4, 0.5) is 5.82 Å². The molecular formula is C23H25N3O3. The number of ether oxygens (including phenoxy) is 2. The molecule has 1 fully saturated rings. The van der Waals surface area contributed by atoms with Gasteiger partial charge < -0.3 is 19.3 Å². The van der Waals surface area contributed by atoms with E-state index in [1.165, 1.54) is 0 Å². The lowest BCUT2D eigenvalue weighted by Gasteiger charge is -2.36. The highest BCUT2D eigenvalue weighted by Crippen LogP contribution is 2.21. The van der Waals surface area contributed by atoms with Crippen LogP contribution in [0.15, 0.2) is 60.7 Å². The summed E-state index contributed by atoms with van der Waals surface area (Å²) >= 11 is 0. The molecule has 1 atom stereocenters. The molecular weight excluding hydrogens is 366 g/mol. The van der Waals surface area contributed by atoms with Crippen molar-refractivity contribution in [1.82, 2.24) is 9.88 Å². The molecule has 0 spiro atoms. The fraction of sp³-hybridized carbons (Fsp3) is 0.304. The lowest BCUT2D eigenvalue weighted by Crippen LogP contribution is -2.52. The second kappa shape index (κ2) is 8.39. The van der Waals surface area contributed by atoms with Crippen molar-refractivity contribution in [3.8, 4) is 11.5 Å². The van der Waals surface area contributed by atoms with Gasteiger partial charge in [-0.05, 0) is 49.4 Å². The molecule has 1 aliphatic rings. The first-order valence-electron chi connectivity index (χ1n) is 9.84. The van der Waals surface area contributed by atoms with Crippen molar-refractivity contribution in [2.45, 2.75) is 13.0 Å². The van der Waals surface area contributed by atoms with Crippen LogP contribution in [-0.2, 0) is 4.79 Å². The van der Waals surface area contributed by atoms with Crippen LogP contribution in [0.1, 0.15) is 6.92 Å². The average Bonchev–Trinajstić information content (AvgIpc) is 2.79. The van der Waals surface area contributed by atoms with Gasteiger partial charge in [0.15, 0.2) is 6.10 Å². The number of hydrogen-bond acceptors (Lipinski definition) is 5. The minimum absolute atomic E-state index is 0.00642. The molecule has 1 amide bonds. The molecule has 0 aliphatic carbocycles. The summed E-state index contributed by atoms with van der Waals surface area (Å²) in [4.78, 5) is 21.6. The van der Waals surface area contributed by atoms with Gasteiger partial charge in [0.2, 0.25) is 0 Å². The lowest BCUT2D eigenvalue weighted by molar-refractivity contribution is -0.138. The van der Waals surface area contributed by atoms with Gasteiger partial charge in [0.1, 0.15) is 17.3 Å². The number of pyridine rings is 1. The standard InChI is InChI=1S/C23H25N3O3/c1-17(29-20-10-8-19(28-2)9-11-20)23(27)26-15-13-25(14-16-26)22-12-7-18-5-3-4-6-21(18)24-22/h3-12,17H,13-16H2,1-2H3. The van der Waals surface area contributed by atoms with Gasteiger partial charge in [-0.1, -0.05) is 18.2 Å². The molecule has 0 bridgehead atoms. The maximum Gasteiger partial charge on any atom is 0.263 e. The van der Waals surface area contributed by atoms with Crippen LogP contribution in [0.2, 0.25) is 0 Å². The first-order valence-corrected chi connectivity index (χ1v) is 9.84. The molecule has 150 valence electrons. The maximum absolute atomic E-state index is 12.8. The quantitative estimate of drug-likeness (QED) is 0.668. The Labute approximate surface area is 170 Å². The smallest absolute Gasteiger partial charge is 0.263 e. The maximum atomic E-state index is 12.8. The Morgan fingerprint density at radius 3 is 2.34 bits per heavy atom. The number of hydrogen-bond donors (Lipinski definition) is 0. The number of anilines is 1. The van der Waals surface area contributed by atoms with E-state index in [4.69, 9.17) is 14.5 Å². The summed E-state index contributed by atoms with van der Waals surface area (Å²) in [5, 5.41) is 1.13. The molecule has 4 rings (SSSR count). The number of methoxy groups -OCH3 is 1. The Kier molecular flexibility index (Phi) is 5.51. The zero-order valence-corrected chi connectivity index (χ0v) is 16.7. The Morgan fingerprint density at radius 2 is 1.62 bits per heavy atom. The minimum atomic E-state index is -0.534. The van der Waals surface area contributed by atoms with Gasteiger partial charge in [-0.2, -0.15) is 0 Å². The second-order valence-corrected chi connectivity index (χ2v) is 7.11. The van der Waals surface area contributed by atoms with E-state index in [-0.39, 0.29) is 5.91 Å². The fourth-order valence-corrected chi connectivity index (χ4v) is 3.55. The van der Waals surface area contributed by atoms with Crippen molar-refractivity contribution in [1.29, 1.82) is 0 Å². The number of carbonyl (C=O) groups is 1. The van der Waals surface area contributed by atoms with E-state index < -0.39 is 6.10 Å². The molecule has 0 N–H and O–H groups in total. The van der Waals surface area contributed by atoms with Crippen molar-refractivity contribution < 1.29 is 14.3 Å². The van der Waals surface area contributed by atoms with Gasteiger partial charge in [0.25, 0.3) is 5.91 Å². The summed E-state index contributed by atoms with van der Waals surface area (Å²) < 4.78 is 11.0. The highest BCUT2D eigenvalue weighted by atomic mass is 16.5. The highest BCUT2D eigenvalue weighted by molar-refractivity contribution is 5.82. The topological polar surface area (TPSA) is 54.9 Å². The third-order valence-corrected chi connectivity index (χ3v) is 5.22. The number of para-hydroxylation sites is 1. The highest BCUT2D eigenvalue weighted by Gasteiger charge is 2.26. The molecule has 1 unspecified atom stereocenters. The van der Waals surface area contributed by atoms with Crippen molar-refractivity contribution >= 4 is 22.6 Å². The molecule has 0 radical (unpaired) electrons. The first-order chi connectivity index (χ1) is 14.1. The van der Waals surface area contributed by atoms with Crippen molar-refractivity contribution in [2.75, 3.05) is 38.2 Å². The van der Waals surface area contributed by atoms with Crippen LogP contribution in [-0.4, -0.2) is 55.2 Å². The van der Waals surface area contributed by atoms with Crippen molar-refractivity contribution in [3.63, 3.8) is 0 Å². The summed E-state index contributed by atoms with van der Waals surface area (Å²) in [6, 6.07) is 19.5. The van der Waals surface area contributed by atoms with Gasteiger partial charge in [-0.15, -0.1) is 0 Å². The van der Waals surface area contributed by atoms with Gasteiger partial charge in [0.05, 0.1) is 12.6 Å². The minimum Gasteiger partial charge on any atom is -0.497 e.